The van der Waals surface area contributed by atoms with Crippen molar-refractivity contribution in [2.75, 3.05) is 6.61 Å². The van der Waals surface area contributed by atoms with E-state index in [2.05, 4.69) is 0 Å². The third kappa shape index (κ3) is 3.33. The Hall–Kier alpha value is -0.950. The second-order valence-corrected chi connectivity index (χ2v) is 6.75. The van der Waals surface area contributed by atoms with Crippen LogP contribution in [0.15, 0.2) is 24.3 Å². The van der Waals surface area contributed by atoms with Crippen LogP contribution in [0, 0.1) is 6.92 Å². The van der Waals surface area contributed by atoms with E-state index in [9.17, 15) is 13.0 Å². The molecule has 1 fully saturated rings. The van der Waals surface area contributed by atoms with Gasteiger partial charge < -0.3 is 9.47 Å². The topological polar surface area (TPSA) is 72.8 Å². The molecule has 6 heteroatoms. The Bertz CT molecular complexity index is 547. The van der Waals surface area contributed by atoms with E-state index in [1.807, 2.05) is 6.92 Å². The summed E-state index contributed by atoms with van der Waals surface area (Å²) in [5.74, 6) is -0.835. The molecule has 2 atom stereocenters. The van der Waals surface area contributed by atoms with E-state index in [1.165, 1.54) is 0 Å². The monoisotopic (exact) mass is 286 g/mol. The van der Waals surface area contributed by atoms with Gasteiger partial charge in [0.25, 0.3) is 10.1 Å². The van der Waals surface area contributed by atoms with Crippen molar-refractivity contribution in [2.45, 2.75) is 37.9 Å². The lowest BCUT2D eigenvalue weighted by Gasteiger charge is -2.22. The van der Waals surface area contributed by atoms with Crippen LogP contribution in [-0.2, 0) is 19.6 Å². The Morgan fingerprint density at radius 1 is 1.32 bits per heavy atom. The standard InChI is InChI=1S/C13H18O5S/c1-9-4-6-10(7-5-9)12(19(14,15)16)11-8-17-13(2,3)18-11/h4-7,11-12H,8H2,1-3H3,(H,14,15,16)/t11-,12-/m0/s1. The van der Waals surface area contributed by atoms with Crippen molar-refractivity contribution in [1.29, 1.82) is 0 Å². The Morgan fingerprint density at radius 3 is 2.32 bits per heavy atom. The molecule has 0 amide bonds. The van der Waals surface area contributed by atoms with Gasteiger partial charge in [0, 0.05) is 0 Å². The summed E-state index contributed by atoms with van der Waals surface area (Å²) < 4.78 is 43.7. The molecule has 1 saturated heterocycles. The molecule has 1 aromatic carbocycles. The first-order valence-electron chi connectivity index (χ1n) is 6.04. The molecule has 106 valence electrons. The smallest absolute Gasteiger partial charge is 0.274 e. The lowest BCUT2D eigenvalue weighted by Crippen LogP contribution is -2.30. The third-order valence-electron chi connectivity index (χ3n) is 3.09. The van der Waals surface area contributed by atoms with E-state index in [-0.39, 0.29) is 6.61 Å². The minimum atomic E-state index is -4.27. The fraction of sp³-hybridized carbons (Fsp3) is 0.538. The van der Waals surface area contributed by atoms with E-state index in [4.69, 9.17) is 9.47 Å². The lowest BCUT2D eigenvalue weighted by molar-refractivity contribution is -0.138. The van der Waals surface area contributed by atoms with Crippen LogP contribution < -0.4 is 0 Å². The first-order chi connectivity index (χ1) is 8.69. The molecule has 5 nitrogen and oxygen atoms in total. The number of rotatable bonds is 3. The van der Waals surface area contributed by atoms with E-state index in [0.717, 1.165) is 5.56 Å². The molecular formula is C13H18O5S. The minimum Gasteiger partial charge on any atom is -0.348 e. The molecule has 1 aromatic rings. The Morgan fingerprint density at radius 2 is 1.89 bits per heavy atom. The van der Waals surface area contributed by atoms with Gasteiger partial charge in [0.1, 0.15) is 11.4 Å². The molecule has 1 N–H and O–H groups in total. The predicted molar refractivity (Wildman–Crippen MR) is 70.4 cm³/mol. The predicted octanol–water partition coefficient (Wildman–Crippen LogP) is 2.08. The molecule has 2 rings (SSSR count). The van der Waals surface area contributed by atoms with Gasteiger partial charge >= 0.3 is 0 Å². The number of hydrogen-bond acceptors (Lipinski definition) is 4. The average Bonchev–Trinajstić information content (AvgIpc) is 2.60. The van der Waals surface area contributed by atoms with E-state index >= 15 is 0 Å². The van der Waals surface area contributed by atoms with Gasteiger partial charge in [0.15, 0.2) is 5.79 Å². The quantitative estimate of drug-likeness (QED) is 0.861. The van der Waals surface area contributed by atoms with Crippen LogP contribution in [0.25, 0.3) is 0 Å². The van der Waals surface area contributed by atoms with E-state index in [0.29, 0.717) is 5.56 Å². The highest BCUT2D eigenvalue weighted by Gasteiger charge is 2.43. The van der Waals surface area contributed by atoms with Gasteiger partial charge in [-0.1, -0.05) is 29.8 Å². The first-order valence-corrected chi connectivity index (χ1v) is 7.54. The molecule has 0 radical (unpaired) electrons. The number of aryl methyl sites for hydroxylation is 1. The average molecular weight is 286 g/mol. The summed E-state index contributed by atoms with van der Waals surface area (Å²) in [6, 6.07) is 6.97. The maximum absolute atomic E-state index is 11.6. The van der Waals surface area contributed by atoms with E-state index < -0.39 is 27.3 Å². The van der Waals surface area contributed by atoms with Gasteiger partial charge in [-0.2, -0.15) is 8.42 Å². The Labute approximate surface area is 113 Å². The number of hydrogen-bond donors (Lipinski definition) is 1. The van der Waals surface area contributed by atoms with Crippen LogP contribution >= 0.6 is 0 Å². The van der Waals surface area contributed by atoms with Gasteiger partial charge in [0.2, 0.25) is 0 Å². The molecule has 1 aliphatic rings. The summed E-state index contributed by atoms with van der Waals surface area (Å²) in [5.41, 5.74) is 1.51. The highest BCUT2D eigenvalue weighted by atomic mass is 32.2. The minimum absolute atomic E-state index is 0.130. The highest BCUT2D eigenvalue weighted by Crippen LogP contribution is 2.35. The SMILES string of the molecule is Cc1ccc([C@@H]([C@@H]2COC(C)(C)O2)S(=O)(=O)O)cc1. The summed E-state index contributed by atoms with van der Waals surface area (Å²) >= 11 is 0. The Kier molecular flexibility index (Phi) is 3.70. The zero-order valence-corrected chi connectivity index (χ0v) is 12.0. The molecule has 0 aliphatic carbocycles. The van der Waals surface area contributed by atoms with Crippen molar-refractivity contribution in [3.8, 4) is 0 Å². The second-order valence-electron chi connectivity index (χ2n) is 5.21. The molecule has 1 heterocycles. The van der Waals surface area contributed by atoms with Gasteiger partial charge in [-0.3, -0.25) is 4.55 Å². The van der Waals surface area contributed by atoms with Crippen molar-refractivity contribution in [2.24, 2.45) is 0 Å². The van der Waals surface area contributed by atoms with Gasteiger partial charge in [-0.05, 0) is 26.3 Å². The summed E-state index contributed by atoms with van der Waals surface area (Å²) in [6.07, 6.45) is -0.715. The zero-order chi connectivity index (χ0) is 14.3. The van der Waals surface area contributed by atoms with Crippen LogP contribution in [0.5, 0.6) is 0 Å². The van der Waals surface area contributed by atoms with Crippen molar-refractivity contribution >= 4 is 10.1 Å². The Balaban J connectivity index is 2.36. The molecule has 0 spiro atoms. The molecule has 19 heavy (non-hydrogen) atoms. The lowest BCUT2D eigenvalue weighted by atomic mass is 10.1. The maximum Gasteiger partial charge on any atom is 0.274 e. The van der Waals surface area contributed by atoms with E-state index in [1.54, 1.807) is 38.1 Å². The van der Waals surface area contributed by atoms with Crippen LogP contribution in [0.1, 0.15) is 30.2 Å². The summed E-state index contributed by atoms with van der Waals surface area (Å²) in [4.78, 5) is 0. The summed E-state index contributed by atoms with van der Waals surface area (Å²) in [7, 11) is -4.27. The molecular weight excluding hydrogens is 268 g/mol. The number of ether oxygens (including phenoxy) is 2. The molecule has 0 unspecified atom stereocenters. The van der Waals surface area contributed by atoms with Gasteiger partial charge in [-0.25, -0.2) is 0 Å². The zero-order valence-electron chi connectivity index (χ0n) is 11.2. The largest absolute Gasteiger partial charge is 0.348 e. The van der Waals surface area contributed by atoms with Crippen LogP contribution in [0.2, 0.25) is 0 Å². The molecule has 0 aromatic heterocycles. The van der Waals surface area contributed by atoms with Crippen LogP contribution in [0.3, 0.4) is 0 Å². The third-order valence-corrected chi connectivity index (χ3v) is 4.31. The first kappa shape index (κ1) is 14.5. The van der Waals surface area contributed by atoms with Crippen molar-refractivity contribution in [3.05, 3.63) is 35.4 Å². The molecule has 1 aliphatic heterocycles. The number of benzene rings is 1. The fourth-order valence-electron chi connectivity index (χ4n) is 2.20. The van der Waals surface area contributed by atoms with Crippen molar-refractivity contribution in [3.63, 3.8) is 0 Å². The summed E-state index contributed by atoms with van der Waals surface area (Å²) in [5, 5.41) is -1.13. The molecule has 0 bridgehead atoms. The van der Waals surface area contributed by atoms with Crippen LogP contribution in [0.4, 0.5) is 0 Å². The van der Waals surface area contributed by atoms with Gasteiger partial charge in [-0.15, -0.1) is 0 Å². The van der Waals surface area contributed by atoms with Gasteiger partial charge in [0.05, 0.1) is 6.61 Å². The summed E-state index contributed by atoms with van der Waals surface area (Å²) in [6.45, 7) is 5.46. The maximum atomic E-state index is 11.6. The van der Waals surface area contributed by atoms with Crippen molar-refractivity contribution < 1.29 is 22.4 Å². The normalized spacial score (nSPS) is 24.3. The fourth-order valence-corrected chi connectivity index (χ4v) is 3.22. The van der Waals surface area contributed by atoms with Crippen molar-refractivity contribution in [1.82, 2.24) is 0 Å². The second kappa shape index (κ2) is 4.86. The van der Waals surface area contributed by atoms with Crippen LogP contribution in [-0.4, -0.2) is 31.5 Å². The molecule has 0 saturated carbocycles. The highest BCUT2D eigenvalue weighted by molar-refractivity contribution is 7.86.